The quantitative estimate of drug-likeness (QED) is 0.607. The van der Waals surface area contributed by atoms with Crippen molar-refractivity contribution in [1.29, 1.82) is 0 Å². The highest BCUT2D eigenvalue weighted by Gasteiger charge is 2.31. The van der Waals surface area contributed by atoms with Crippen molar-refractivity contribution in [3.8, 4) is 5.75 Å². The minimum Gasteiger partial charge on any atom is -0.406 e. The molecule has 120 valence electrons. The molecule has 0 heterocycles. The third-order valence-electron chi connectivity index (χ3n) is 3.07. The number of hydrogen-bond donors (Lipinski definition) is 0. The van der Waals surface area contributed by atoms with Crippen molar-refractivity contribution in [2.75, 3.05) is 0 Å². The molecule has 0 unspecified atom stereocenters. The second kappa shape index (κ2) is 6.64. The SMILES string of the molecule is Cc1cccc(C(=O)CC(=O)c2ccc(OC(F)(F)F)cc2)c1. The van der Waals surface area contributed by atoms with Gasteiger partial charge in [0, 0.05) is 11.1 Å². The lowest BCUT2D eigenvalue weighted by atomic mass is 10.0. The number of hydrogen-bond acceptors (Lipinski definition) is 3. The normalized spacial score (nSPS) is 11.1. The summed E-state index contributed by atoms with van der Waals surface area (Å²) in [6.45, 7) is 1.83. The van der Waals surface area contributed by atoms with Crippen LogP contribution in [0.25, 0.3) is 0 Å². The summed E-state index contributed by atoms with van der Waals surface area (Å²) in [5.74, 6) is -1.22. The Labute approximate surface area is 130 Å². The van der Waals surface area contributed by atoms with Crippen LogP contribution in [0.3, 0.4) is 0 Å². The average Bonchev–Trinajstić information content (AvgIpc) is 2.46. The van der Waals surface area contributed by atoms with Crippen molar-refractivity contribution >= 4 is 11.6 Å². The number of halogens is 3. The molecule has 0 bridgehead atoms. The molecule has 0 N–H and O–H groups in total. The van der Waals surface area contributed by atoms with Crippen LogP contribution in [0.1, 0.15) is 32.7 Å². The van der Waals surface area contributed by atoms with E-state index in [0.29, 0.717) is 5.56 Å². The second-order valence-electron chi connectivity index (χ2n) is 4.96. The molecule has 0 amide bonds. The smallest absolute Gasteiger partial charge is 0.406 e. The van der Waals surface area contributed by atoms with Gasteiger partial charge in [0.1, 0.15) is 5.75 Å². The third kappa shape index (κ3) is 4.95. The summed E-state index contributed by atoms with van der Waals surface area (Å²) >= 11 is 0. The van der Waals surface area contributed by atoms with Crippen LogP contribution in [-0.2, 0) is 0 Å². The van der Waals surface area contributed by atoms with Gasteiger partial charge in [-0.05, 0) is 37.3 Å². The summed E-state index contributed by atoms with van der Waals surface area (Å²) in [5, 5.41) is 0. The van der Waals surface area contributed by atoms with E-state index in [-0.39, 0.29) is 17.8 Å². The summed E-state index contributed by atoms with van der Waals surface area (Å²) in [5.41, 5.74) is 1.48. The molecule has 0 radical (unpaired) electrons. The minimum atomic E-state index is -4.79. The van der Waals surface area contributed by atoms with Gasteiger partial charge in [-0.15, -0.1) is 13.2 Å². The van der Waals surface area contributed by atoms with Crippen molar-refractivity contribution in [3.05, 3.63) is 65.2 Å². The summed E-state index contributed by atoms with van der Waals surface area (Å²) in [7, 11) is 0. The van der Waals surface area contributed by atoms with Crippen LogP contribution in [0.15, 0.2) is 48.5 Å². The molecule has 2 aromatic rings. The number of carbonyl (C=O) groups is 2. The van der Waals surface area contributed by atoms with Gasteiger partial charge in [-0.2, -0.15) is 0 Å². The van der Waals surface area contributed by atoms with Crippen LogP contribution in [0.5, 0.6) is 5.75 Å². The number of Topliss-reactive ketones (excluding diaryl/α,β-unsaturated/α-hetero) is 2. The van der Waals surface area contributed by atoms with E-state index in [2.05, 4.69) is 4.74 Å². The molecular weight excluding hydrogens is 309 g/mol. The Balaban J connectivity index is 2.04. The Kier molecular flexibility index (Phi) is 4.83. The van der Waals surface area contributed by atoms with E-state index in [1.807, 2.05) is 13.0 Å². The van der Waals surface area contributed by atoms with Crippen LogP contribution in [0.2, 0.25) is 0 Å². The number of carbonyl (C=O) groups excluding carboxylic acids is 2. The van der Waals surface area contributed by atoms with Crippen LogP contribution >= 0.6 is 0 Å². The topological polar surface area (TPSA) is 43.4 Å². The maximum absolute atomic E-state index is 12.1. The third-order valence-corrected chi connectivity index (χ3v) is 3.07. The Morgan fingerprint density at radius 3 is 2.13 bits per heavy atom. The summed E-state index contributed by atoms with van der Waals surface area (Å²) in [6.07, 6.45) is -5.13. The molecule has 0 saturated carbocycles. The van der Waals surface area contributed by atoms with Gasteiger partial charge in [0.15, 0.2) is 11.6 Å². The predicted molar refractivity (Wildman–Crippen MR) is 77.6 cm³/mol. The first kappa shape index (κ1) is 16.7. The molecule has 0 aliphatic rings. The van der Waals surface area contributed by atoms with Crippen LogP contribution in [-0.4, -0.2) is 17.9 Å². The second-order valence-corrected chi connectivity index (χ2v) is 4.96. The van der Waals surface area contributed by atoms with Gasteiger partial charge in [-0.1, -0.05) is 23.8 Å². The molecule has 23 heavy (non-hydrogen) atoms. The molecule has 6 heteroatoms. The zero-order valence-electron chi connectivity index (χ0n) is 12.2. The summed E-state index contributed by atoms with van der Waals surface area (Å²) in [6, 6.07) is 11.3. The van der Waals surface area contributed by atoms with E-state index in [4.69, 9.17) is 0 Å². The monoisotopic (exact) mass is 322 g/mol. The van der Waals surface area contributed by atoms with E-state index in [1.54, 1.807) is 18.2 Å². The van der Waals surface area contributed by atoms with Gasteiger partial charge in [0.05, 0.1) is 6.42 Å². The molecule has 2 rings (SSSR count). The van der Waals surface area contributed by atoms with Gasteiger partial charge >= 0.3 is 6.36 Å². The Morgan fingerprint density at radius 2 is 1.57 bits per heavy atom. The molecule has 3 nitrogen and oxygen atoms in total. The summed E-state index contributed by atoms with van der Waals surface area (Å²) in [4.78, 5) is 24.1. The maximum Gasteiger partial charge on any atom is 0.573 e. The molecule has 0 aromatic heterocycles. The van der Waals surface area contributed by atoms with Crippen molar-refractivity contribution in [2.45, 2.75) is 19.7 Å². The largest absolute Gasteiger partial charge is 0.573 e. The molecule has 0 aliphatic heterocycles. The molecule has 0 spiro atoms. The first-order valence-corrected chi connectivity index (χ1v) is 6.73. The zero-order valence-corrected chi connectivity index (χ0v) is 12.2. The van der Waals surface area contributed by atoms with Crippen molar-refractivity contribution in [3.63, 3.8) is 0 Å². The highest BCUT2D eigenvalue weighted by molar-refractivity contribution is 6.13. The van der Waals surface area contributed by atoms with Gasteiger partial charge in [0.25, 0.3) is 0 Å². The Bertz CT molecular complexity index is 719. The van der Waals surface area contributed by atoms with Gasteiger partial charge < -0.3 is 4.74 Å². The molecule has 0 aliphatic carbocycles. The van der Waals surface area contributed by atoms with Crippen molar-refractivity contribution in [2.24, 2.45) is 0 Å². The number of ether oxygens (including phenoxy) is 1. The minimum absolute atomic E-state index is 0.153. The molecular formula is C17H13F3O3. The van der Waals surface area contributed by atoms with Crippen LogP contribution in [0.4, 0.5) is 13.2 Å². The van der Waals surface area contributed by atoms with E-state index in [1.165, 1.54) is 12.1 Å². The lowest BCUT2D eigenvalue weighted by Gasteiger charge is -2.09. The molecule has 0 fully saturated rings. The van der Waals surface area contributed by atoms with Gasteiger partial charge in [0.2, 0.25) is 0 Å². The van der Waals surface area contributed by atoms with Gasteiger partial charge in [-0.25, -0.2) is 0 Å². The molecule has 0 saturated heterocycles. The fourth-order valence-electron chi connectivity index (χ4n) is 2.01. The lowest BCUT2D eigenvalue weighted by molar-refractivity contribution is -0.274. The number of alkyl halides is 3. The number of benzene rings is 2. The van der Waals surface area contributed by atoms with Crippen LogP contribution in [0, 0.1) is 6.92 Å². The average molecular weight is 322 g/mol. The standard InChI is InChI=1S/C17H13F3O3/c1-11-3-2-4-13(9-11)16(22)10-15(21)12-5-7-14(8-6-12)23-17(18,19)20/h2-9H,10H2,1H3. The predicted octanol–water partition coefficient (Wildman–Crippen LogP) is 4.35. The van der Waals surface area contributed by atoms with E-state index < -0.39 is 17.9 Å². The maximum atomic E-state index is 12.1. The summed E-state index contributed by atoms with van der Waals surface area (Å²) < 4.78 is 39.9. The number of aryl methyl sites for hydroxylation is 1. The van der Waals surface area contributed by atoms with E-state index >= 15 is 0 Å². The lowest BCUT2D eigenvalue weighted by Crippen LogP contribution is -2.17. The Morgan fingerprint density at radius 1 is 0.957 bits per heavy atom. The van der Waals surface area contributed by atoms with E-state index in [0.717, 1.165) is 17.7 Å². The van der Waals surface area contributed by atoms with Crippen LogP contribution < -0.4 is 4.74 Å². The zero-order chi connectivity index (χ0) is 17.0. The fraction of sp³-hybridized carbons (Fsp3) is 0.176. The van der Waals surface area contributed by atoms with Crippen molar-refractivity contribution < 1.29 is 27.5 Å². The first-order valence-electron chi connectivity index (χ1n) is 6.73. The Hall–Kier alpha value is -2.63. The number of rotatable bonds is 5. The highest BCUT2D eigenvalue weighted by atomic mass is 19.4. The van der Waals surface area contributed by atoms with Gasteiger partial charge in [-0.3, -0.25) is 9.59 Å². The first-order chi connectivity index (χ1) is 10.7. The van der Waals surface area contributed by atoms with E-state index in [9.17, 15) is 22.8 Å². The molecule has 2 aromatic carbocycles. The molecule has 0 atom stereocenters. The highest BCUT2D eigenvalue weighted by Crippen LogP contribution is 2.23. The number of ketones is 2. The van der Waals surface area contributed by atoms with Crippen molar-refractivity contribution in [1.82, 2.24) is 0 Å². The fourth-order valence-corrected chi connectivity index (χ4v) is 2.01.